The summed E-state index contributed by atoms with van der Waals surface area (Å²) in [6.45, 7) is 5.67. The predicted molar refractivity (Wildman–Crippen MR) is 158 cm³/mol. The second-order valence-corrected chi connectivity index (χ2v) is 10.7. The third-order valence-corrected chi connectivity index (χ3v) is 7.67. The van der Waals surface area contributed by atoms with Crippen LogP contribution in [0.4, 0.5) is 11.4 Å². The van der Waals surface area contributed by atoms with Gasteiger partial charge >= 0.3 is 0 Å². The molecule has 5 rings (SSSR count). The molecular formula is C29H27Cl2N5OS. The van der Waals surface area contributed by atoms with Crippen LogP contribution in [0.5, 0.6) is 0 Å². The highest BCUT2D eigenvalue weighted by atomic mass is 35.5. The highest BCUT2D eigenvalue weighted by Gasteiger charge is 2.42. The third-order valence-electron chi connectivity index (χ3n) is 6.61. The molecule has 6 nitrogen and oxygen atoms in total. The maximum Gasteiger partial charge on any atom is 0.226 e. The van der Waals surface area contributed by atoms with Gasteiger partial charge < -0.3 is 20.1 Å². The molecule has 2 unspecified atom stereocenters. The number of carbonyl (C=O) groups is 1. The van der Waals surface area contributed by atoms with Crippen LogP contribution in [0.15, 0.2) is 79.1 Å². The van der Waals surface area contributed by atoms with E-state index in [1.54, 1.807) is 6.20 Å². The Morgan fingerprint density at radius 2 is 1.82 bits per heavy atom. The lowest BCUT2D eigenvalue weighted by Crippen LogP contribution is -2.30. The van der Waals surface area contributed by atoms with Crippen molar-refractivity contribution in [2.75, 3.05) is 10.2 Å². The number of benzene rings is 2. The molecule has 2 aromatic carbocycles. The molecule has 38 heavy (non-hydrogen) atoms. The molecule has 194 valence electrons. The first kappa shape index (κ1) is 26.2. The zero-order valence-electron chi connectivity index (χ0n) is 21.2. The van der Waals surface area contributed by atoms with E-state index in [2.05, 4.69) is 37.2 Å². The van der Waals surface area contributed by atoms with E-state index in [1.165, 1.54) is 0 Å². The fourth-order valence-electron chi connectivity index (χ4n) is 4.61. The van der Waals surface area contributed by atoms with Crippen molar-refractivity contribution in [1.29, 1.82) is 0 Å². The Bertz CT molecular complexity index is 1500. The minimum atomic E-state index is -0.240. The monoisotopic (exact) mass is 563 g/mol. The molecule has 2 atom stereocenters. The zero-order valence-corrected chi connectivity index (χ0v) is 23.5. The average Bonchev–Trinajstić information content (AvgIpc) is 3.51. The minimum absolute atomic E-state index is 0.0952. The lowest BCUT2D eigenvalue weighted by atomic mass is 10.0. The molecule has 2 N–H and O–H groups in total. The number of anilines is 2. The van der Waals surface area contributed by atoms with Crippen LogP contribution in [-0.2, 0) is 4.79 Å². The van der Waals surface area contributed by atoms with Gasteiger partial charge in [0.25, 0.3) is 0 Å². The number of thiocarbonyl (C=S) groups is 1. The van der Waals surface area contributed by atoms with Gasteiger partial charge in [0.2, 0.25) is 5.91 Å². The molecule has 1 saturated heterocycles. The van der Waals surface area contributed by atoms with Gasteiger partial charge in [-0.25, -0.2) is 0 Å². The van der Waals surface area contributed by atoms with Crippen molar-refractivity contribution in [2.45, 2.75) is 32.9 Å². The second kappa shape index (κ2) is 10.8. The van der Waals surface area contributed by atoms with Gasteiger partial charge in [-0.2, -0.15) is 0 Å². The summed E-state index contributed by atoms with van der Waals surface area (Å²) in [7, 11) is 0. The number of carbonyl (C=O) groups excluding carboxylic acids is 1. The summed E-state index contributed by atoms with van der Waals surface area (Å²) in [5.41, 5.74) is 5.24. The number of halogens is 2. The Kier molecular flexibility index (Phi) is 7.43. The number of aryl methyl sites for hydroxylation is 1. The van der Waals surface area contributed by atoms with Gasteiger partial charge in [-0.05, 0) is 85.4 Å². The highest BCUT2D eigenvalue weighted by Crippen LogP contribution is 2.43. The molecule has 1 fully saturated rings. The van der Waals surface area contributed by atoms with Crippen molar-refractivity contribution < 1.29 is 4.79 Å². The van der Waals surface area contributed by atoms with E-state index in [0.717, 1.165) is 33.3 Å². The van der Waals surface area contributed by atoms with Crippen LogP contribution >= 0.6 is 35.4 Å². The number of aromatic nitrogens is 2. The number of rotatable bonds is 6. The Balaban J connectivity index is 1.61. The number of hydrogen-bond donors (Lipinski definition) is 2. The van der Waals surface area contributed by atoms with Crippen LogP contribution < -0.4 is 15.5 Å². The molecule has 0 saturated carbocycles. The zero-order chi connectivity index (χ0) is 27.0. The fraction of sp³-hybridized carbons (Fsp3) is 0.207. The van der Waals surface area contributed by atoms with Crippen molar-refractivity contribution in [3.8, 4) is 5.69 Å². The Morgan fingerprint density at radius 3 is 2.50 bits per heavy atom. The van der Waals surface area contributed by atoms with Crippen molar-refractivity contribution in [3.63, 3.8) is 0 Å². The number of amides is 1. The summed E-state index contributed by atoms with van der Waals surface area (Å²) in [6.07, 6.45) is 3.81. The van der Waals surface area contributed by atoms with Gasteiger partial charge in [-0.3, -0.25) is 9.78 Å². The second-order valence-electron chi connectivity index (χ2n) is 9.54. The smallest absolute Gasteiger partial charge is 0.226 e. The highest BCUT2D eigenvalue weighted by molar-refractivity contribution is 7.80. The number of hydrogen-bond acceptors (Lipinski definition) is 3. The Labute approximate surface area is 237 Å². The van der Waals surface area contributed by atoms with Crippen molar-refractivity contribution >= 4 is 57.8 Å². The molecular weight excluding hydrogens is 537 g/mol. The molecule has 0 aliphatic carbocycles. The standard InChI is InChI=1S/C29H27Cl2N5OS/c1-17(2)28(37)33-23-12-10-20(16-22(23)31)36-27(26(34-29(36)38)24-7-4-5-13-32-24)25-8-6-14-35(25)19-9-11-21(30)18(3)15-19/h4-17,26-27H,1-3H3,(H,33,37)(H,34,38). The van der Waals surface area contributed by atoms with Crippen molar-refractivity contribution in [2.24, 2.45) is 5.92 Å². The van der Waals surface area contributed by atoms with E-state index >= 15 is 0 Å². The first-order valence-electron chi connectivity index (χ1n) is 12.3. The lowest BCUT2D eigenvalue weighted by molar-refractivity contribution is -0.118. The summed E-state index contributed by atoms with van der Waals surface area (Å²) in [5, 5.41) is 8.09. The van der Waals surface area contributed by atoms with Gasteiger partial charge in [0, 0.05) is 40.4 Å². The quantitative estimate of drug-likeness (QED) is 0.242. The molecule has 0 spiro atoms. The van der Waals surface area contributed by atoms with E-state index in [9.17, 15) is 4.79 Å². The number of pyridine rings is 1. The van der Waals surface area contributed by atoms with Gasteiger partial charge in [-0.1, -0.05) is 43.1 Å². The van der Waals surface area contributed by atoms with Crippen molar-refractivity contribution in [1.82, 2.24) is 14.9 Å². The fourth-order valence-corrected chi connectivity index (χ4v) is 5.30. The molecule has 1 amide bonds. The van der Waals surface area contributed by atoms with Crippen molar-refractivity contribution in [3.05, 3.63) is 106 Å². The van der Waals surface area contributed by atoms with Gasteiger partial charge in [0.05, 0.1) is 22.4 Å². The van der Waals surface area contributed by atoms with Gasteiger partial charge in [-0.15, -0.1) is 0 Å². The van der Waals surface area contributed by atoms with Crippen LogP contribution in [0, 0.1) is 12.8 Å². The SMILES string of the molecule is Cc1cc(-n2cccc2C2C(c3ccccn3)NC(=S)N2c2ccc(NC(=O)C(C)C)c(Cl)c2)ccc1Cl. The molecule has 4 aromatic rings. The number of nitrogens with zero attached hydrogens (tertiary/aromatic N) is 3. The largest absolute Gasteiger partial charge is 0.351 e. The van der Waals surface area contributed by atoms with E-state index < -0.39 is 0 Å². The maximum absolute atomic E-state index is 12.3. The molecule has 1 aliphatic rings. The average molecular weight is 565 g/mol. The van der Waals surface area contributed by atoms with E-state index in [1.807, 2.05) is 81.6 Å². The molecule has 3 heterocycles. The predicted octanol–water partition coefficient (Wildman–Crippen LogP) is 7.26. The summed E-state index contributed by atoms with van der Waals surface area (Å²) >= 11 is 18.8. The maximum atomic E-state index is 12.3. The third kappa shape index (κ3) is 5.01. The molecule has 0 radical (unpaired) electrons. The lowest BCUT2D eigenvalue weighted by Gasteiger charge is -2.29. The summed E-state index contributed by atoms with van der Waals surface area (Å²) < 4.78 is 2.14. The summed E-state index contributed by atoms with van der Waals surface area (Å²) in [6, 6.07) is 21.1. The first-order chi connectivity index (χ1) is 18.2. The molecule has 0 bridgehead atoms. The summed E-state index contributed by atoms with van der Waals surface area (Å²) in [5.74, 6) is -0.254. The van der Waals surface area contributed by atoms with Gasteiger partial charge in [0.1, 0.15) is 6.04 Å². The number of nitrogens with one attached hydrogen (secondary N) is 2. The Morgan fingerprint density at radius 1 is 1.03 bits per heavy atom. The van der Waals surface area contributed by atoms with Crippen LogP contribution in [0.2, 0.25) is 10.0 Å². The van der Waals surface area contributed by atoms with E-state index in [0.29, 0.717) is 15.8 Å². The minimum Gasteiger partial charge on any atom is -0.351 e. The molecule has 2 aromatic heterocycles. The first-order valence-corrected chi connectivity index (χ1v) is 13.5. The van der Waals surface area contributed by atoms with Gasteiger partial charge in [0.15, 0.2) is 5.11 Å². The normalized spacial score (nSPS) is 17.1. The van der Waals surface area contributed by atoms with Crippen LogP contribution in [0.3, 0.4) is 0 Å². The topological polar surface area (TPSA) is 62.2 Å². The van der Waals surface area contributed by atoms with Crippen LogP contribution in [0.1, 0.15) is 42.9 Å². The van der Waals surface area contributed by atoms with E-state index in [-0.39, 0.29) is 23.9 Å². The Hall–Kier alpha value is -3.39. The molecule has 1 aliphatic heterocycles. The molecule has 9 heteroatoms. The van der Waals surface area contributed by atoms with E-state index in [4.69, 9.17) is 35.4 Å². The van der Waals surface area contributed by atoms with Crippen LogP contribution in [-0.4, -0.2) is 20.6 Å². The van der Waals surface area contributed by atoms with Crippen LogP contribution in [0.25, 0.3) is 5.69 Å². The summed E-state index contributed by atoms with van der Waals surface area (Å²) in [4.78, 5) is 19.0.